The molecule has 2 heterocycles. The number of aromatic nitrogens is 1. The van der Waals surface area contributed by atoms with Crippen LogP contribution in [0.2, 0.25) is 0 Å². The molecule has 0 radical (unpaired) electrons. The van der Waals surface area contributed by atoms with Crippen LogP contribution in [-0.4, -0.2) is 27.6 Å². The molecule has 4 unspecified atom stereocenters. The Labute approximate surface area is 266 Å². The van der Waals surface area contributed by atoms with Gasteiger partial charge >= 0.3 is 0 Å². The van der Waals surface area contributed by atoms with Crippen molar-refractivity contribution in [2.24, 2.45) is 5.92 Å². The average molecular weight is 588 g/mol. The first-order valence-corrected chi connectivity index (χ1v) is 17.1. The first kappa shape index (κ1) is 26.9. The van der Waals surface area contributed by atoms with Crippen LogP contribution < -0.4 is 15.9 Å². The lowest BCUT2D eigenvalue weighted by molar-refractivity contribution is 0.249. The molecular weight excluding hydrogens is 546 g/mol. The smallest absolute Gasteiger partial charge is 0.0548 e. The standard InChI is InChI=1S/C42H41N3/c1-4-12-31(13-5-1)44(32-14-6-2-7-15-32)34-22-25-42-38(28-34)37-27-30(21-24-41(37)45(42)33-16-8-3-9-17-33)29-20-23-40-36(26-29)35-18-10-11-19-39(35)43-40/h1-6,8-12,14,16-19,25-28,31,34-35,39,43H,7,13,15,20-24H2. The van der Waals surface area contributed by atoms with E-state index in [9.17, 15) is 0 Å². The van der Waals surface area contributed by atoms with Crippen molar-refractivity contribution in [3.63, 3.8) is 0 Å². The summed E-state index contributed by atoms with van der Waals surface area (Å²) in [6, 6.07) is 12.2. The summed E-state index contributed by atoms with van der Waals surface area (Å²) in [5, 5.41) is 6.61. The summed E-state index contributed by atoms with van der Waals surface area (Å²) in [5.74, 6) is 0.467. The second kappa shape index (κ2) is 11.1. The molecule has 6 aliphatic carbocycles. The summed E-state index contributed by atoms with van der Waals surface area (Å²) in [6.07, 6.45) is 44.2. The molecule has 9 rings (SSSR count). The number of nitrogens with one attached hydrogen (secondary N) is 1. The van der Waals surface area contributed by atoms with E-state index in [1.54, 1.807) is 5.57 Å². The van der Waals surface area contributed by atoms with Gasteiger partial charge in [0.1, 0.15) is 0 Å². The number of fused-ring (bicyclic) bond motifs is 5. The van der Waals surface area contributed by atoms with Gasteiger partial charge in [0.2, 0.25) is 0 Å². The second-order valence-corrected chi connectivity index (χ2v) is 13.4. The Morgan fingerprint density at radius 3 is 2.49 bits per heavy atom. The van der Waals surface area contributed by atoms with Crippen LogP contribution in [0.4, 0.5) is 0 Å². The van der Waals surface area contributed by atoms with Gasteiger partial charge in [0.25, 0.3) is 0 Å². The van der Waals surface area contributed by atoms with Gasteiger partial charge in [-0.25, -0.2) is 0 Å². The van der Waals surface area contributed by atoms with Gasteiger partial charge in [-0.05, 0) is 92.4 Å². The number of hydrogen-bond acceptors (Lipinski definition) is 2. The molecule has 1 aromatic heterocycles. The van der Waals surface area contributed by atoms with Crippen molar-refractivity contribution in [3.8, 4) is 5.69 Å². The normalized spacial score (nSPS) is 27.2. The lowest BCUT2D eigenvalue weighted by atomic mass is 9.82. The van der Waals surface area contributed by atoms with E-state index >= 15 is 0 Å². The fourth-order valence-electron chi connectivity index (χ4n) is 8.73. The Morgan fingerprint density at radius 2 is 1.62 bits per heavy atom. The second-order valence-electron chi connectivity index (χ2n) is 13.4. The third-order valence-electron chi connectivity index (χ3n) is 10.8. The van der Waals surface area contributed by atoms with E-state index in [1.807, 2.05) is 0 Å². The van der Waals surface area contributed by atoms with Crippen LogP contribution in [-0.2, 0) is 6.42 Å². The lowest BCUT2D eigenvalue weighted by Crippen LogP contribution is -2.45. The molecule has 0 amide bonds. The van der Waals surface area contributed by atoms with Crippen LogP contribution in [0.1, 0.15) is 56.2 Å². The molecule has 45 heavy (non-hydrogen) atoms. The van der Waals surface area contributed by atoms with Crippen molar-refractivity contribution in [1.29, 1.82) is 0 Å². The predicted octanol–water partition coefficient (Wildman–Crippen LogP) is 7.25. The van der Waals surface area contributed by atoms with Gasteiger partial charge in [-0.3, -0.25) is 0 Å². The van der Waals surface area contributed by atoms with Crippen LogP contribution >= 0.6 is 0 Å². The van der Waals surface area contributed by atoms with E-state index in [0.717, 1.165) is 51.4 Å². The van der Waals surface area contributed by atoms with Crippen LogP contribution in [0.15, 0.2) is 131 Å². The monoisotopic (exact) mass is 587 g/mol. The minimum Gasteiger partial charge on any atom is -0.381 e. The van der Waals surface area contributed by atoms with Crippen molar-refractivity contribution >= 4 is 18.2 Å². The Morgan fingerprint density at radius 1 is 0.756 bits per heavy atom. The Hall–Kier alpha value is -4.50. The molecule has 3 nitrogen and oxygen atoms in total. The highest BCUT2D eigenvalue weighted by molar-refractivity contribution is 5.69. The predicted molar refractivity (Wildman–Crippen MR) is 187 cm³/mol. The minimum atomic E-state index is 0.333. The fraction of sp³-hybridized carbons (Fsp3) is 0.286. The molecule has 0 spiro atoms. The molecule has 1 aromatic carbocycles. The molecule has 0 saturated heterocycles. The van der Waals surface area contributed by atoms with Crippen LogP contribution in [0.25, 0.3) is 23.9 Å². The van der Waals surface area contributed by atoms with Crippen LogP contribution in [0.5, 0.6) is 0 Å². The number of allylic oxidation sites excluding steroid dienone is 12. The molecule has 3 heteroatoms. The molecule has 0 fully saturated rings. The maximum absolute atomic E-state index is 3.81. The zero-order valence-corrected chi connectivity index (χ0v) is 25.9. The third kappa shape index (κ3) is 4.63. The van der Waals surface area contributed by atoms with E-state index in [2.05, 4.69) is 136 Å². The Balaban J connectivity index is 1.17. The van der Waals surface area contributed by atoms with Gasteiger partial charge in [-0.2, -0.15) is 0 Å². The molecular formula is C42H41N3. The zero-order valence-electron chi connectivity index (χ0n) is 25.9. The lowest BCUT2D eigenvalue weighted by Gasteiger charge is -2.40. The number of nitrogens with zero attached hydrogens (tertiary/aromatic N) is 2. The Bertz CT molecular complexity index is 1950. The van der Waals surface area contributed by atoms with E-state index in [0.29, 0.717) is 24.0 Å². The van der Waals surface area contributed by atoms with Gasteiger partial charge in [0.05, 0.1) is 18.1 Å². The highest BCUT2D eigenvalue weighted by Gasteiger charge is 2.34. The number of rotatable bonds is 5. The van der Waals surface area contributed by atoms with Gasteiger partial charge in [0, 0.05) is 44.8 Å². The Kier molecular flexibility index (Phi) is 6.65. The molecule has 7 aliphatic rings. The van der Waals surface area contributed by atoms with Gasteiger partial charge in [-0.1, -0.05) is 97.2 Å². The van der Waals surface area contributed by atoms with Crippen LogP contribution in [0.3, 0.4) is 0 Å². The fourth-order valence-corrected chi connectivity index (χ4v) is 8.73. The van der Waals surface area contributed by atoms with Gasteiger partial charge in [0.15, 0.2) is 0 Å². The number of benzene rings is 1. The molecule has 1 N–H and O–H groups in total. The topological polar surface area (TPSA) is 20.2 Å². The summed E-state index contributed by atoms with van der Waals surface area (Å²) < 4.78 is 2.57. The van der Waals surface area contributed by atoms with Crippen molar-refractivity contribution < 1.29 is 0 Å². The zero-order chi connectivity index (χ0) is 29.7. The van der Waals surface area contributed by atoms with E-state index in [4.69, 9.17) is 0 Å². The van der Waals surface area contributed by atoms with Crippen molar-refractivity contribution in [3.05, 3.63) is 153 Å². The first-order chi connectivity index (χ1) is 22.3. The average Bonchev–Trinajstić information content (AvgIpc) is 3.64. The summed E-state index contributed by atoms with van der Waals surface area (Å²) in [4.78, 5) is 2.73. The molecule has 4 atom stereocenters. The van der Waals surface area contributed by atoms with Crippen molar-refractivity contribution in [2.45, 2.75) is 69.5 Å². The summed E-state index contributed by atoms with van der Waals surface area (Å²) in [6.45, 7) is 0. The molecule has 2 aromatic rings. The third-order valence-corrected chi connectivity index (χ3v) is 10.8. The first-order valence-electron chi connectivity index (χ1n) is 17.1. The molecule has 224 valence electrons. The number of hydrogen-bond donors (Lipinski definition) is 1. The van der Waals surface area contributed by atoms with Crippen LogP contribution in [0, 0.1) is 5.92 Å². The SMILES string of the molecule is C1=CCCC(N(C2C=CC=CC2)C2C=c3c4c(n(-c5ccccc5)c3=CC2)CCC(C2=CC3=C(CC2)NC2C=CC=CC32)=C4)=C1. The highest BCUT2D eigenvalue weighted by atomic mass is 15.2. The minimum absolute atomic E-state index is 0.333. The molecule has 0 saturated carbocycles. The maximum atomic E-state index is 3.81. The van der Waals surface area contributed by atoms with E-state index in [1.165, 1.54) is 50.1 Å². The summed E-state index contributed by atoms with van der Waals surface area (Å²) in [7, 11) is 0. The van der Waals surface area contributed by atoms with Crippen molar-refractivity contribution in [1.82, 2.24) is 14.8 Å². The molecule has 0 bridgehead atoms. The quantitative estimate of drug-likeness (QED) is 0.398. The van der Waals surface area contributed by atoms with Gasteiger partial charge < -0.3 is 14.8 Å². The van der Waals surface area contributed by atoms with E-state index < -0.39 is 0 Å². The largest absolute Gasteiger partial charge is 0.381 e. The highest BCUT2D eigenvalue weighted by Crippen LogP contribution is 2.41. The van der Waals surface area contributed by atoms with E-state index in [-0.39, 0.29) is 0 Å². The molecule has 1 aliphatic heterocycles. The van der Waals surface area contributed by atoms with Gasteiger partial charge in [-0.15, -0.1) is 0 Å². The number of para-hydroxylation sites is 1. The summed E-state index contributed by atoms with van der Waals surface area (Å²) in [5.41, 5.74) is 11.7. The van der Waals surface area contributed by atoms with Crippen molar-refractivity contribution in [2.75, 3.05) is 0 Å². The summed E-state index contributed by atoms with van der Waals surface area (Å²) >= 11 is 0. The maximum Gasteiger partial charge on any atom is 0.0548 e.